The average molecular weight is 319 g/mol. The van der Waals surface area contributed by atoms with E-state index in [-0.39, 0.29) is 6.42 Å². The van der Waals surface area contributed by atoms with Crippen molar-refractivity contribution in [3.05, 3.63) is 64.7 Å². The fourth-order valence-corrected chi connectivity index (χ4v) is 2.49. The van der Waals surface area contributed by atoms with Gasteiger partial charge in [0, 0.05) is 5.41 Å². The Morgan fingerprint density at radius 1 is 1.18 bits per heavy atom. The van der Waals surface area contributed by atoms with Crippen molar-refractivity contribution in [3.8, 4) is 5.75 Å². The van der Waals surface area contributed by atoms with Crippen LogP contribution in [0, 0.1) is 0 Å². The van der Waals surface area contributed by atoms with Gasteiger partial charge >= 0.3 is 5.97 Å². The SMILES string of the molecule is CC(C)(CC(=O)O)c1ccc(OCc2ccccc2)c(Cl)c1. The van der Waals surface area contributed by atoms with Crippen LogP contribution in [0.1, 0.15) is 31.4 Å². The predicted octanol–water partition coefficient (Wildman–Crippen LogP) is 4.67. The molecule has 0 aliphatic heterocycles. The third kappa shape index (κ3) is 4.25. The Kier molecular flexibility index (Phi) is 5.09. The highest BCUT2D eigenvalue weighted by molar-refractivity contribution is 6.32. The Hall–Kier alpha value is -2.00. The van der Waals surface area contributed by atoms with Gasteiger partial charge in [0.15, 0.2) is 0 Å². The second-order valence-electron chi connectivity index (χ2n) is 5.87. The van der Waals surface area contributed by atoms with Gasteiger partial charge in [-0.15, -0.1) is 0 Å². The van der Waals surface area contributed by atoms with Crippen LogP contribution >= 0.6 is 11.6 Å². The van der Waals surface area contributed by atoms with Crippen molar-refractivity contribution in [2.45, 2.75) is 32.3 Å². The molecule has 2 aromatic rings. The maximum Gasteiger partial charge on any atom is 0.304 e. The van der Waals surface area contributed by atoms with Crippen LogP contribution in [0.25, 0.3) is 0 Å². The van der Waals surface area contributed by atoms with E-state index >= 15 is 0 Å². The van der Waals surface area contributed by atoms with Crippen LogP contribution in [-0.4, -0.2) is 11.1 Å². The van der Waals surface area contributed by atoms with Crippen LogP contribution in [0.3, 0.4) is 0 Å². The van der Waals surface area contributed by atoms with Crippen LogP contribution in [-0.2, 0) is 16.8 Å². The van der Waals surface area contributed by atoms with E-state index in [0.29, 0.717) is 17.4 Å². The number of halogens is 1. The maximum absolute atomic E-state index is 10.9. The van der Waals surface area contributed by atoms with E-state index in [9.17, 15) is 4.79 Å². The molecule has 0 saturated heterocycles. The molecular weight excluding hydrogens is 300 g/mol. The highest BCUT2D eigenvalue weighted by Crippen LogP contribution is 2.33. The highest BCUT2D eigenvalue weighted by atomic mass is 35.5. The fourth-order valence-electron chi connectivity index (χ4n) is 2.25. The van der Waals surface area contributed by atoms with Gasteiger partial charge in [0.25, 0.3) is 0 Å². The van der Waals surface area contributed by atoms with Gasteiger partial charge in [0.05, 0.1) is 11.4 Å². The topological polar surface area (TPSA) is 46.5 Å². The third-order valence-corrected chi connectivity index (χ3v) is 3.84. The number of carbonyl (C=O) groups is 1. The van der Waals surface area contributed by atoms with Gasteiger partial charge in [-0.3, -0.25) is 4.79 Å². The van der Waals surface area contributed by atoms with Crippen LogP contribution in [0.5, 0.6) is 5.75 Å². The summed E-state index contributed by atoms with van der Waals surface area (Å²) in [4.78, 5) is 10.9. The first kappa shape index (κ1) is 16.4. The first-order valence-electron chi connectivity index (χ1n) is 7.07. The number of carboxylic acids is 1. The standard InChI is InChI=1S/C18H19ClO3/c1-18(2,11-17(20)21)14-8-9-16(15(19)10-14)22-12-13-6-4-3-5-7-13/h3-10H,11-12H2,1-2H3,(H,20,21). The summed E-state index contributed by atoms with van der Waals surface area (Å²) >= 11 is 6.27. The first-order valence-corrected chi connectivity index (χ1v) is 7.45. The van der Waals surface area contributed by atoms with E-state index in [4.69, 9.17) is 21.4 Å². The zero-order valence-electron chi connectivity index (χ0n) is 12.7. The van der Waals surface area contributed by atoms with Gasteiger partial charge in [0.1, 0.15) is 12.4 Å². The number of hydrogen-bond acceptors (Lipinski definition) is 2. The molecule has 0 bridgehead atoms. The molecule has 116 valence electrons. The van der Waals surface area contributed by atoms with Gasteiger partial charge in [-0.2, -0.15) is 0 Å². The molecule has 0 aromatic heterocycles. The van der Waals surface area contributed by atoms with Crippen molar-refractivity contribution in [2.75, 3.05) is 0 Å². The molecule has 0 unspecified atom stereocenters. The molecule has 0 spiro atoms. The monoisotopic (exact) mass is 318 g/mol. The van der Waals surface area contributed by atoms with E-state index < -0.39 is 11.4 Å². The number of ether oxygens (including phenoxy) is 1. The van der Waals surface area contributed by atoms with E-state index in [1.54, 1.807) is 12.1 Å². The first-order chi connectivity index (χ1) is 10.4. The molecular formula is C18H19ClO3. The zero-order chi connectivity index (χ0) is 16.2. The molecule has 22 heavy (non-hydrogen) atoms. The summed E-state index contributed by atoms with van der Waals surface area (Å²) in [6.07, 6.45) is 0.0492. The lowest BCUT2D eigenvalue weighted by Crippen LogP contribution is -2.21. The van der Waals surface area contributed by atoms with Gasteiger partial charge in [0.2, 0.25) is 0 Å². The lowest BCUT2D eigenvalue weighted by atomic mass is 9.81. The second-order valence-corrected chi connectivity index (χ2v) is 6.28. The van der Waals surface area contributed by atoms with Crippen molar-refractivity contribution in [3.63, 3.8) is 0 Å². The van der Waals surface area contributed by atoms with E-state index in [0.717, 1.165) is 11.1 Å². The van der Waals surface area contributed by atoms with E-state index in [1.165, 1.54) is 0 Å². The Labute approximate surface area is 135 Å². The third-order valence-electron chi connectivity index (χ3n) is 3.54. The molecule has 0 saturated carbocycles. The van der Waals surface area contributed by atoms with E-state index in [1.807, 2.05) is 50.2 Å². The largest absolute Gasteiger partial charge is 0.487 e. The summed E-state index contributed by atoms with van der Waals surface area (Å²) in [5.74, 6) is -0.231. The minimum Gasteiger partial charge on any atom is -0.487 e. The molecule has 1 N–H and O–H groups in total. The quantitative estimate of drug-likeness (QED) is 0.841. The predicted molar refractivity (Wildman–Crippen MR) is 87.5 cm³/mol. The summed E-state index contributed by atoms with van der Waals surface area (Å²) in [5, 5.41) is 9.48. The Bertz CT molecular complexity index is 651. The van der Waals surface area contributed by atoms with Crippen LogP contribution in [0.2, 0.25) is 5.02 Å². The second kappa shape index (κ2) is 6.84. The van der Waals surface area contributed by atoms with Crippen LogP contribution in [0.15, 0.2) is 48.5 Å². The van der Waals surface area contributed by atoms with Gasteiger partial charge in [-0.1, -0.05) is 61.8 Å². The van der Waals surface area contributed by atoms with Crippen LogP contribution in [0.4, 0.5) is 0 Å². The zero-order valence-corrected chi connectivity index (χ0v) is 13.4. The smallest absolute Gasteiger partial charge is 0.304 e. The van der Waals surface area contributed by atoms with E-state index in [2.05, 4.69) is 0 Å². The Balaban J connectivity index is 2.11. The summed E-state index contributed by atoms with van der Waals surface area (Å²) in [7, 11) is 0. The summed E-state index contributed by atoms with van der Waals surface area (Å²) in [6, 6.07) is 15.3. The van der Waals surface area contributed by atoms with Gasteiger partial charge in [-0.25, -0.2) is 0 Å². The molecule has 0 fully saturated rings. The maximum atomic E-state index is 10.9. The fraction of sp³-hybridized carbons (Fsp3) is 0.278. The molecule has 2 rings (SSSR count). The lowest BCUT2D eigenvalue weighted by Gasteiger charge is -2.23. The lowest BCUT2D eigenvalue weighted by molar-refractivity contribution is -0.138. The van der Waals surface area contributed by atoms with Crippen molar-refractivity contribution < 1.29 is 14.6 Å². The summed E-state index contributed by atoms with van der Waals surface area (Å²) < 4.78 is 5.72. The van der Waals surface area contributed by atoms with Crippen molar-refractivity contribution in [2.24, 2.45) is 0 Å². The van der Waals surface area contributed by atoms with Crippen molar-refractivity contribution in [1.82, 2.24) is 0 Å². The normalized spacial score (nSPS) is 11.2. The summed E-state index contributed by atoms with van der Waals surface area (Å²) in [5.41, 5.74) is 1.47. The van der Waals surface area contributed by atoms with Crippen molar-refractivity contribution in [1.29, 1.82) is 0 Å². The number of benzene rings is 2. The highest BCUT2D eigenvalue weighted by Gasteiger charge is 2.24. The molecule has 0 radical (unpaired) electrons. The molecule has 0 atom stereocenters. The molecule has 0 heterocycles. The van der Waals surface area contributed by atoms with Gasteiger partial charge < -0.3 is 9.84 Å². The minimum atomic E-state index is -0.828. The van der Waals surface area contributed by atoms with Crippen molar-refractivity contribution >= 4 is 17.6 Å². The molecule has 4 heteroatoms. The molecule has 0 aliphatic rings. The summed E-state index contributed by atoms with van der Waals surface area (Å²) in [6.45, 7) is 4.22. The molecule has 2 aromatic carbocycles. The van der Waals surface area contributed by atoms with Gasteiger partial charge in [-0.05, 0) is 23.3 Å². The molecule has 0 aliphatic carbocycles. The number of hydrogen-bond donors (Lipinski definition) is 1. The number of aliphatic carboxylic acids is 1. The molecule has 0 amide bonds. The van der Waals surface area contributed by atoms with Crippen LogP contribution < -0.4 is 4.74 Å². The minimum absolute atomic E-state index is 0.0492. The Morgan fingerprint density at radius 3 is 2.45 bits per heavy atom. The Morgan fingerprint density at radius 2 is 1.86 bits per heavy atom. The number of carboxylic acid groups (broad SMARTS) is 1. The average Bonchev–Trinajstić information content (AvgIpc) is 2.45. The molecule has 3 nitrogen and oxygen atoms in total. The number of rotatable bonds is 6.